The predicted octanol–water partition coefficient (Wildman–Crippen LogP) is 2.37. The van der Waals surface area contributed by atoms with Crippen LogP contribution < -0.4 is 15.7 Å². The van der Waals surface area contributed by atoms with Crippen molar-refractivity contribution in [3.05, 3.63) is 64.4 Å². The molecule has 0 saturated carbocycles. The van der Waals surface area contributed by atoms with Gasteiger partial charge in [-0.3, -0.25) is 4.79 Å². The van der Waals surface area contributed by atoms with Crippen LogP contribution in [0.1, 0.15) is 16.1 Å². The van der Waals surface area contributed by atoms with E-state index in [9.17, 15) is 9.59 Å². The van der Waals surface area contributed by atoms with Crippen molar-refractivity contribution in [2.24, 2.45) is 0 Å². The van der Waals surface area contributed by atoms with Crippen LogP contribution in [0.25, 0.3) is 11.0 Å². The minimum absolute atomic E-state index is 0.276. The minimum atomic E-state index is -0.582. The van der Waals surface area contributed by atoms with Gasteiger partial charge in [0, 0.05) is 30.5 Å². The number of hydrogen-bond acceptors (Lipinski definition) is 5. The maximum atomic E-state index is 12.3. The lowest BCUT2D eigenvalue weighted by Gasteiger charge is -2.07. The van der Waals surface area contributed by atoms with Crippen LogP contribution in [-0.2, 0) is 6.42 Å². The van der Waals surface area contributed by atoms with Crippen molar-refractivity contribution in [2.75, 3.05) is 13.7 Å². The van der Waals surface area contributed by atoms with Crippen LogP contribution in [0.15, 0.2) is 56.3 Å². The zero-order valence-electron chi connectivity index (χ0n) is 12.5. The Morgan fingerprint density at radius 2 is 2.13 bits per heavy atom. The average molecular weight is 313 g/mol. The standard InChI is InChI=1S/C17H15NO5/c1-21-12-4-5-13-14(10-16(19)23-15(13)9-12)17(20)18-7-6-11-3-2-8-22-11/h2-5,8-10H,6-7H2,1H3,(H,18,20). The molecule has 2 heterocycles. The number of carbonyl (C=O) groups excluding carboxylic acids is 1. The van der Waals surface area contributed by atoms with Gasteiger partial charge in [0.15, 0.2) is 0 Å². The highest BCUT2D eigenvalue weighted by Gasteiger charge is 2.13. The molecule has 2 aromatic heterocycles. The number of amides is 1. The van der Waals surface area contributed by atoms with Crippen molar-refractivity contribution in [1.29, 1.82) is 0 Å². The van der Waals surface area contributed by atoms with Crippen LogP contribution in [0.4, 0.5) is 0 Å². The third-order valence-corrected chi connectivity index (χ3v) is 3.43. The quantitative estimate of drug-likeness (QED) is 0.731. The highest BCUT2D eigenvalue weighted by molar-refractivity contribution is 6.05. The summed E-state index contributed by atoms with van der Waals surface area (Å²) in [6.45, 7) is 0.407. The molecule has 0 spiro atoms. The lowest BCUT2D eigenvalue weighted by molar-refractivity contribution is 0.0954. The Hall–Kier alpha value is -3.02. The number of furan rings is 1. The number of hydrogen-bond donors (Lipinski definition) is 1. The van der Waals surface area contributed by atoms with Crippen LogP contribution in [0.5, 0.6) is 5.75 Å². The first-order valence-electron chi connectivity index (χ1n) is 7.10. The van der Waals surface area contributed by atoms with E-state index in [0.29, 0.717) is 29.7 Å². The lowest BCUT2D eigenvalue weighted by atomic mass is 10.1. The Labute approximate surface area is 131 Å². The molecule has 0 aliphatic carbocycles. The van der Waals surface area contributed by atoms with E-state index in [1.165, 1.54) is 13.2 Å². The summed E-state index contributed by atoms with van der Waals surface area (Å²) in [5.74, 6) is 1.00. The number of fused-ring (bicyclic) bond motifs is 1. The van der Waals surface area contributed by atoms with Crippen molar-refractivity contribution in [3.63, 3.8) is 0 Å². The minimum Gasteiger partial charge on any atom is -0.497 e. The fourth-order valence-corrected chi connectivity index (χ4v) is 2.31. The molecule has 6 nitrogen and oxygen atoms in total. The average Bonchev–Trinajstić information content (AvgIpc) is 3.06. The molecule has 1 aromatic carbocycles. The molecule has 0 aliphatic heterocycles. The molecular weight excluding hydrogens is 298 g/mol. The predicted molar refractivity (Wildman–Crippen MR) is 83.8 cm³/mol. The van der Waals surface area contributed by atoms with Gasteiger partial charge in [-0.15, -0.1) is 0 Å². The SMILES string of the molecule is COc1ccc2c(C(=O)NCCc3ccco3)cc(=O)oc2c1. The molecule has 0 aliphatic rings. The number of benzene rings is 1. The second kappa shape index (κ2) is 6.39. The summed E-state index contributed by atoms with van der Waals surface area (Å²) >= 11 is 0. The smallest absolute Gasteiger partial charge is 0.337 e. The fraction of sp³-hybridized carbons (Fsp3) is 0.176. The first-order chi connectivity index (χ1) is 11.2. The number of ether oxygens (including phenoxy) is 1. The van der Waals surface area contributed by atoms with E-state index >= 15 is 0 Å². The third kappa shape index (κ3) is 3.26. The number of methoxy groups -OCH3 is 1. The second-order valence-corrected chi connectivity index (χ2v) is 4.93. The second-order valence-electron chi connectivity index (χ2n) is 4.93. The van der Waals surface area contributed by atoms with Crippen LogP contribution in [-0.4, -0.2) is 19.6 Å². The van der Waals surface area contributed by atoms with Crippen molar-refractivity contribution < 1.29 is 18.4 Å². The topological polar surface area (TPSA) is 81.7 Å². The van der Waals surface area contributed by atoms with E-state index in [1.807, 2.05) is 6.07 Å². The van der Waals surface area contributed by atoms with Gasteiger partial charge in [-0.1, -0.05) is 0 Å². The van der Waals surface area contributed by atoms with E-state index in [-0.39, 0.29) is 11.5 Å². The van der Waals surface area contributed by atoms with Gasteiger partial charge in [0.2, 0.25) is 0 Å². The Balaban J connectivity index is 1.83. The van der Waals surface area contributed by atoms with Gasteiger partial charge in [0.1, 0.15) is 17.1 Å². The summed E-state index contributed by atoms with van der Waals surface area (Å²) in [6.07, 6.45) is 2.16. The first-order valence-corrected chi connectivity index (χ1v) is 7.10. The van der Waals surface area contributed by atoms with Gasteiger partial charge < -0.3 is 18.9 Å². The van der Waals surface area contributed by atoms with Crippen LogP contribution in [0.3, 0.4) is 0 Å². The normalized spacial score (nSPS) is 10.7. The fourth-order valence-electron chi connectivity index (χ4n) is 2.31. The Morgan fingerprint density at radius 3 is 2.87 bits per heavy atom. The zero-order valence-corrected chi connectivity index (χ0v) is 12.5. The van der Waals surface area contributed by atoms with Gasteiger partial charge in [0.05, 0.1) is 18.9 Å². The molecule has 0 unspecified atom stereocenters. The van der Waals surface area contributed by atoms with Crippen LogP contribution in [0.2, 0.25) is 0 Å². The lowest BCUT2D eigenvalue weighted by Crippen LogP contribution is -2.26. The Morgan fingerprint density at radius 1 is 1.26 bits per heavy atom. The van der Waals surface area contributed by atoms with E-state index < -0.39 is 5.63 Å². The van der Waals surface area contributed by atoms with Gasteiger partial charge in [-0.2, -0.15) is 0 Å². The summed E-state index contributed by atoms with van der Waals surface area (Å²) in [5.41, 5.74) is 0.00770. The van der Waals surface area contributed by atoms with Crippen molar-refractivity contribution in [2.45, 2.75) is 6.42 Å². The van der Waals surface area contributed by atoms with Crippen LogP contribution in [0, 0.1) is 0 Å². The summed E-state index contributed by atoms with van der Waals surface area (Å²) < 4.78 is 15.4. The summed E-state index contributed by atoms with van der Waals surface area (Å²) in [7, 11) is 1.52. The van der Waals surface area contributed by atoms with Gasteiger partial charge in [-0.25, -0.2) is 4.79 Å². The number of nitrogens with one attached hydrogen (secondary N) is 1. The maximum absolute atomic E-state index is 12.3. The van der Waals surface area contributed by atoms with Crippen molar-refractivity contribution >= 4 is 16.9 Å². The summed E-state index contributed by atoms with van der Waals surface area (Å²) in [5, 5.41) is 3.33. The molecule has 1 N–H and O–H groups in total. The molecule has 0 radical (unpaired) electrons. The van der Waals surface area contributed by atoms with Gasteiger partial charge in [-0.05, 0) is 24.3 Å². The van der Waals surface area contributed by atoms with Gasteiger partial charge in [0.25, 0.3) is 5.91 Å². The number of rotatable bonds is 5. The Kier molecular flexibility index (Phi) is 4.14. The van der Waals surface area contributed by atoms with Gasteiger partial charge >= 0.3 is 5.63 Å². The molecule has 3 rings (SSSR count). The van der Waals surface area contributed by atoms with E-state index in [4.69, 9.17) is 13.6 Å². The molecule has 0 atom stereocenters. The van der Waals surface area contributed by atoms with E-state index in [2.05, 4.69) is 5.32 Å². The monoisotopic (exact) mass is 313 g/mol. The molecule has 118 valence electrons. The Bertz CT molecular complexity index is 880. The molecule has 6 heteroatoms. The van der Waals surface area contributed by atoms with Crippen molar-refractivity contribution in [3.8, 4) is 5.75 Å². The number of carbonyl (C=O) groups is 1. The van der Waals surface area contributed by atoms with E-state index in [0.717, 1.165) is 5.76 Å². The molecule has 1 amide bonds. The highest BCUT2D eigenvalue weighted by atomic mass is 16.5. The molecule has 0 fully saturated rings. The molecule has 0 saturated heterocycles. The zero-order chi connectivity index (χ0) is 16.2. The first kappa shape index (κ1) is 14.9. The maximum Gasteiger partial charge on any atom is 0.337 e. The summed E-state index contributed by atoms with van der Waals surface area (Å²) in [6, 6.07) is 9.80. The molecule has 3 aromatic rings. The molecular formula is C17H15NO5. The highest BCUT2D eigenvalue weighted by Crippen LogP contribution is 2.22. The van der Waals surface area contributed by atoms with Crippen molar-refractivity contribution in [1.82, 2.24) is 5.32 Å². The van der Waals surface area contributed by atoms with Crippen LogP contribution >= 0.6 is 0 Å². The summed E-state index contributed by atoms with van der Waals surface area (Å²) in [4.78, 5) is 24.0. The molecule has 0 bridgehead atoms. The van der Waals surface area contributed by atoms with E-state index in [1.54, 1.807) is 30.5 Å². The largest absolute Gasteiger partial charge is 0.497 e. The third-order valence-electron chi connectivity index (χ3n) is 3.43. The molecule has 23 heavy (non-hydrogen) atoms.